The fraction of sp³-hybridized carbons (Fsp3) is 0.167. The third-order valence-electron chi connectivity index (χ3n) is 3.70. The van der Waals surface area contributed by atoms with Gasteiger partial charge in [0.2, 0.25) is 5.91 Å². The van der Waals surface area contributed by atoms with Crippen molar-refractivity contribution >= 4 is 23.4 Å². The second-order valence-electron chi connectivity index (χ2n) is 5.76. The van der Waals surface area contributed by atoms with Crippen LogP contribution in [-0.2, 0) is 17.5 Å². The van der Waals surface area contributed by atoms with E-state index in [0.29, 0.717) is 16.7 Å². The zero-order valence-electron chi connectivity index (χ0n) is 14.5. The highest BCUT2D eigenvalue weighted by Crippen LogP contribution is 2.31. The first-order valence-corrected chi connectivity index (χ1v) is 9.15. The summed E-state index contributed by atoms with van der Waals surface area (Å²) in [6, 6.07) is 14.1. The lowest BCUT2D eigenvalue weighted by atomic mass is 10.2. The van der Waals surface area contributed by atoms with Crippen molar-refractivity contribution in [3.63, 3.8) is 0 Å². The molecule has 1 aromatic heterocycles. The Labute approximate surface area is 163 Å². The number of primary amides is 1. The van der Waals surface area contributed by atoms with Gasteiger partial charge >= 0.3 is 6.18 Å². The number of nitrogens with one attached hydrogen (secondary N) is 1. The maximum atomic E-state index is 12.9. The number of amides is 1. The van der Waals surface area contributed by atoms with Crippen molar-refractivity contribution in [1.82, 2.24) is 14.8 Å². The summed E-state index contributed by atoms with van der Waals surface area (Å²) in [6.07, 6.45) is -4.42. The SMILES string of the molecule is NC(=O)CSc1nnc(CNc2cccc(C(F)(F)F)c2)n1-c1ccccc1. The number of aromatic nitrogens is 3. The van der Waals surface area contributed by atoms with Gasteiger partial charge in [0.05, 0.1) is 17.9 Å². The Morgan fingerprint density at radius 2 is 1.86 bits per heavy atom. The molecule has 2 aromatic carbocycles. The largest absolute Gasteiger partial charge is 0.416 e. The number of para-hydroxylation sites is 1. The molecular formula is C18H16F3N5OS. The van der Waals surface area contributed by atoms with Crippen LogP contribution in [0.1, 0.15) is 11.4 Å². The number of thioether (sulfide) groups is 1. The second kappa shape index (κ2) is 8.34. The molecule has 3 N–H and O–H groups in total. The van der Waals surface area contributed by atoms with Crippen LogP contribution < -0.4 is 11.1 Å². The smallest absolute Gasteiger partial charge is 0.378 e. The number of carbonyl (C=O) groups excluding carboxylic acids is 1. The van der Waals surface area contributed by atoms with Gasteiger partial charge in [0.1, 0.15) is 0 Å². The average molecular weight is 407 g/mol. The van der Waals surface area contributed by atoms with Crippen molar-refractivity contribution in [2.24, 2.45) is 5.73 Å². The topological polar surface area (TPSA) is 85.8 Å². The maximum absolute atomic E-state index is 12.9. The summed E-state index contributed by atoms with van der Waals surface area (Å²) in [7, 11) is 0. The molecule has 0 bridgehead atoms. The van der Waals surface area contributed by atoms with Crippen molar-refractivity contribution < 1.29 is 18.0 Å². The van der Waals surface area contributed by atoms with Crippen molar-refractivity contribution in [2.75, 3.05) is 11.1 Å². The first-order chi connectivity index (χ1) is 13.3. The molecule has 0 saturated heterocycles. The van der Waals surface area contributed by atoms with Gasteiger partial charge in [0, 0.05) is 11.4 Å². The Bertz CT molecular complexity index is 959. The molecule has 1 heterocycles. The lowest BCUT2D eigenvalue weighted by Crippen LogP contribution is -2.14. The van der Waals surface area contributed by atoms with E-state index >= 15 is 0 Å². The molecule has 0 unspecified atom stereocenters. The van der Waals surface area contributed by atoms with Gasteiger partial charge in [-0.1, -0.05) is 36.0 Å². The summed E-state index contributed by atoms with van der Waals surface area (Å²) in [5.74, 6) is 0.0262. The number of alkyl halides is 3. The van der Waals surface area contributed by atoms with Crippen LogP contribution >= 0.6 is 11.8 Å². The lowest BCUT2D eigenvalue weighted by Gasteiger charge is -2.12. The van der Waals surface area contributed by atoms with Crippen LogP contribution in [0, 0.1) is 0 Å². The summed E-state index contributed by atoms with van der Waals surface area (Å²) in [5.41, 5.74) is 5.54. The zero-order valence-corrected chi connectivity index (χ0v) is 15.3. The number of benzene rings is 2. The predicted octanol–water partition coefficient (Wildman–Crippen LogP) is 3.48. The molecule has 0 aliphatic rings. The van der Waals surface area contributed by atoms with Crippen LogP contribution in [0.25, 0.3) is 5.69 Å². The first-order valence-electron chi connectivity index (χ1n) is 8.16. The highest BCUT2D eigenvalue weighted by Gasteiger charge is 2.30. The summed E-state index contributed by atoms with van der Waals surface area (Å²) < 4.78 is 40.4. The summed E-state index contributed by atoms with van der Waals surface area (Å²) in [4.78, 5) is 11.1. The van der Waals surface area contributed by atoms with Gasteiger partial charge in [-0.15, -0.1) is 10.2 Å². The number of rotatable bonds is 7. The van der Waals surface area contributed by atoms with Gasteiger partial charge in [-0.25, -0.2) is 0 Å². The second-order valence-corrected chi connectivity index (χ2v) is 6.70. The summed E-state index contributed by atoms with van der Waals surface area (Å²) in [5, 5.41) is 11.6. The molecule has 0 radical (unpaired) electrons. The third kappa shape index (κ3) is 4.83. The number of hydrogen-bond acceptors (Lipinski definition) is 5. The van der Waals surface area contributed by atoms with E-state index < -0.39 is 17.6 Å². The molecule has 10 heteroatoms. The highest BCUT2D eigenvalue weighted by molar-refractivity contribution is 7.99. The Hall–Kier alpha value is -3.01. The quantitative estimate of drug-likeness (QED) is 0.586. The van der Waals surface area contributed by atoms with Gasteiger partial charge in [0.25, 0.3) is 0 Å². The lowest BCUT2D eigenvalue weighted by molar-refractivity contribution is -0.137. The Balaban J connectivity index is 1.85. The van der Waals surface area contributed by atoms with E-state index in [-0.39, 0.29) is 12.3 Å². The minimum Gasteiger partial charge on any atom is -0.378 e. The number of halogens is 3. The molecule has 0 spiro atoms. The van der Waals surface area contributed by atoms with E-state index in [9.17, 15) is 18.0 Å². The molecular weight excluding hydrogens is 391 g/mol. The number of nitrogens with zero attached hydrogens (tertiary/aromatic N) is 3. The fourth-order valence-corrected chi connectivity index (χ4v) is 3.18. The number of nitrogens with two attached hydrogens (primary N) is 1. The van der Waals surface area contributed by atoms with Crippen LogP contribution in [0.5, 0.6) is 0 Å². The van der Waals surface area contributed by atoms with Crippen LogP contribution in [-0.4, -0.2) is 26.4 Å². The van der Waals surface area contributed by atoms with Gasteiger partial charge in [-0.3, -0.25) is 9.36 Å². The minimum atomic E-state index is -4.42. The van der Waals surface area contributed by atoms with E-state index in [0.717, 1.165) is 29.6 Å². The van der Waals surface area contributed by atoms with E-state index in [2.05, 4.69) is 15.5 Å². The summed E-state index contributed by atoms with van der Waals surface area (Å²) >= 11 is 1.14. The molecule has 1 amide bonds. The zero-order chi connectivity index (χ0) is 20.1. The Morgan fingerprint density at radius 3 is 2.54 bits per heavy atom. The van der Waals surface area contributed by atoms with Gasteiger partial charge in [0.15, 0.2) is 11.0 Å². The molecule has 0 atom stereocenters. The number of anilines is 1. The van der Waals surface area contributed by atoms with Crippen molar-refractivity contribution in [3.8, 4) is 5.69 Å². The first kappa shape index (κ1) is 19.7. The van der Waals surface area contributed by atoms with E-state index in [1.54, 1.807) is 10.6 Å². The average Bonchev–Trinajstić information content (AvgIpc) is 3.08. The number of carbonyl (C=O) groups is 1. The van der Waals surface area contributed by atoms with Gasteiger partial charge in [-0.2, -0.15) is 13.2 Å². The molecule has 0 aliphatic heterocycles. The predicted molar refractivity (Wildman–Crippen MR) is 100 cm³/mol. The van der Waals surface area contributed by atoms with Gasteiger partial charge in [-0.05, 0) is 30.3 Å². The van der Waals surface area contributed by atoms with Crippen molar-refractivity contribution in [1.29, 1.82) is 0 Å². The van der Waals surface area contributed by atoms with Crippen LogP contribution in [0.4, 0.5) is 18.9 Å². The molecule has 146 valence electrons. The van der Waals surface area contributed by atoms with Crippen LogP contribution in [0.15, 0.2) is 59.8 Å². The number of hydrogen-bond donors (Lipinski definition) is 2. The standard InChI is InChI=1S/C18H16F3N5OS/c19-18(20,21)12-5-4-6-13(9-12)23-10-16-24-25-17(28-11-15(22)27)26(16)14-7-2-1-3-8-14/h1-9,23H,10-11H2,(H2,22,27). The monoisotopic (exact) mass is 407 g/mol. The maximum Gasteiger partial charge on any atom is 0.416 e. The van der Waals surface area contributed by atoms with E-state index in [4.69, 9.17) is 5.73 Å². The third-order valence-corrected chi connectivity index (χ3v) is 4.65. The molecule has 0 aliphatic carbocycles. The molecule has 6 nitrogen and oxygen atoms in total. The molecule has 28 heavy (non-hydrogen) atoms. The van der Waals surface area contributed by atoms with E-state index in [1.165, 1.54) is 6.07 Å². The van der Waals surface area contributed by atoms with Crippen molar-refractivity contribution in [3.05, 3.63) is 66.0 Å². The molecule has 0 fully saturated rings. The fourth-order valence-electron chi connectivity index (χ4n) is 2.47. The van der Waals surface area contributed by atoms with Crippen LogP contribution in [0.3, 0.4) is 0 Å². The molecule has 0 saturated carbocycles. The van der Waals surface area contributed by atoms with Gasteiger partial charge < -0.3 is 11.1 Å². The minimum absolute atomic E-state index is 0.0338. The summed E-state index contributed by atoms with van der Waals surface area (Å²) in [6.45, 7) is 0.139. The molecule has 3 rings (SSSR count). The Morgan fingerprint density at radius 1 is 1.11 bits per heavy atom. The highest BCUT2D eigenvalue weighted by atomic mass is 32.2. The normalized spacial score (nSPS) is 11.4. The van der Waals surface area contributed by atoms with Crippen molar-refractivity contribution in [2.45, 2.75) is 17.9 Å². The Kier molecular flexibility index (Phi) is 5.88. The van der Waals surface area contributed by atoms with Crippen LogP contribution in [0.2, 0.25) is 0 Å². The molecule has 3 aromatic rings. The van der Waals surface area contributed by atoms with E-state index in [1.807, 2.05) is 30.3 Å².